The van der Waals surface area contributed by atoms with Crippen LogP contribution in [0, 0.1) is 12.8 Å². The van der Waals surface area contributed by atoms with E-state index >= 15 is 0 Å². The number of hydrogen-bond acceptors (Lipinski definition) is 5. The fourth-order valence-electron chi connectivity index (χ4n) is 2.73. The molecular weight excluding hydrogens is 262 g/mol. The zero-order valence-electron chi connectivity index (χ0n) is 11.6. The molecule has 0 bridgehead atoms. The fourth-order valence-corrected chi connectivity index (χ4v) is 3.69. The molecule has 2 rings (SSSR count). The molecule has 1 aromatic heterocycles. The van der Waals surface area contributed by atoms with Gasteiger partial charge in [0.1, 0.15) is 5.82 Å². The predicted octanol–water partition coefficient (Wildman–Crippen LogP) is 1.78. The van der Waals surface area contributed by atoms with E-state index in [1.165, 1.54) is 37.4 Å². The third-order valence-electron chi connectivity index (χ3n) is 3.72. The van der Waals surface area contributed by atoms with Gasteiger partial charge in [0.2, 0.25) is 0 Å². The van der Waals surface area contributed by atoms with E-state index in [0.29, 0.717) is 11.8 Å². The largest absolute Gasteiger partial charge is 0.394 e. The van der Waals surface area contributed by atoms with Gasteiger partial charge >= 0.3 is 0 Å². The molecule has 1 aliphatic carbocycles. The Morgan fingerprint density at radius 3 is 2.89 bits per heavy atom. The van der Waals surface area contributed by atoms with Crippen LogP contribution >= 0.6 is 11.8 Å². The summed E-state index contributed by atoms with van der Waals surface area (Å²) in [5.74, 6) is 2.15. The summed E-state index contributed by atoms with van der Waals surface area (Å²) in [4.78, 5) is 0. The number of thioether (sulfide) groups is 1. The molecule has 0 aliphatic heterocycles. The summed E-state index contributed by atoms with van der Waals surface area (Å²) in [6.45, 7) is 4.08. The third kappa shape index (κ3) is 3.70. The van der Waals surface area contributed by atoms with Gasteiger partial charge in [0, 0.05) is 11.8 Å². The normalized spacial score (nSPS) is 25.5. The van der Waals surface area contributed by atoms with Crippen molar-refractivity contribution in [2.45, 2.75) is 56.8 Å². The van der Waals surface area contributed by atoms with E-state index in [4.69, 9.17) is 5.11 Å². The number of aliphatic hydroxyl groups is 2. The molecule has 0 aromatic carbocycles. The summed E-state index contributed by atoms with van der Waals surface area (Å²) in [6, 6.07) is 0.479. The maximum atomic E-state index is 9.44. The third-order valence-corrected chi connectivity index (χ3v) is 4.81. The van der Waals surface area contributed by atoms with Gasteiger partial charge in [0.15, 0.2) is 5.16 Å². The number of nitrogens with zero attached hydrogens (tertiary/aromatic N) is 3. The maximum absolute atomic E-state index is 9.44. The molecule has 1 aliphatic rings. The van der Waals surface area contributed by atoms with E-state index in [0.717, 1.165) is 16.9 Å². The monoisotopic (exact) mass is 285 g/mol. The Labute approximate surface area is 118 Å². The lowest BCUT2D eigenvalue weighted by atomic mass is 9.87. The topological polar surface area (TPSA) is 71.2 Å². The molecule has 0 spiro atoms. The molecule has 5 nitrogen and oxygen atoms in total. The first-order valence-electron chi connectivity index (χ1n) is 6.95. The summed E-state index contributed by atoms with van der Waals surface area (Å²) in [7, 11) is 0. The molecule has 3 unspecified atom stereocenters. The van der Waals surface area contributed by atoms with E-state index in [1.807, 2.05) is 6.92 Å². The molecule has 3 atom stereocenters. The van der Waals surface area contributed by atoms with Crippen LogP contribution in [0.15, 0.2) is 5.16 Å². The van der Waals surface area contributed by atoms with Gasteiger partial charge in [-0.15, -0.1) is 10.2 Å². The highest BCUT2D eigenvalue weighted by Gasteiger charge is 2.24. The minimum absolute atomic E-state index is 0.208. The van der Waals surface area contributed by atoms with Crippen LogP contribution in [0.2, 0.25) is 0 Å². The number of aliphatic hydroxyl groups excluding tert-OH is 2. The van der Waals surface area contributed by atoms with E-state index in [9.17, 15) is 5.11 Å². The quantitative estimate of drug-likeness (QED) is 0.807. The molecule has 0 amide bonds. The van der Waals surface area contributed by atoms with Crippen LogP contribution < -0.4 is 0 Å². The number of rotatable bonds is 5. The molecule has 108 valence electrons. The first-order valence-corrected chi connectivity index (χ1v) is 7.93. The van der Waals surface area contributed by atoms with Gasteiger partial charge in [0.05, 0.1) is 12.7 Å². The van der Waals surface area contributed by atoms with Crippen LogP contribution in [-0.2, 0) is 0 Å². The van der Waals surface area contributed by atoms with Crippen molar-refractivity contribution in [1.29, 1.82) is 0 Å². The average molecular weight is 285 g/mol. The summed E-state index contributed by atoms with van der Waals surface area (Å²) in [5, 5.41) is 27.5. The zero-order valence-corrected chi connectivity index (χ0v) is 12.4. The Bertz CT molecular complexity index is 411. The summed E-state index contributed by atoms with van der Waals surface area (Å²) >= 11 is 1.47. The summed E-state index contributed by atoms with van der Waals surface area (Å²) in [6.07, 6.45) is 4.23. The molecule has 19 heavy (non-hydrogen) atoms. The highest BCUT2D eigenvalue weighted by Crippen LogP contribution is 2.35. The first kappa shape index (κ1) is 14.8. The van der Waals surface area contributed by atoms with Crippen molar-refractivity contribution in [2.75, 3.05) is 12.4 Å². The Morgan fingerprint density at radius 1 is 1.42 bits per heavy atom. The van der Waals surface area contributed by atoms with Gasteiger partial charge in [-0.1, -0.05) is 31.5 Å². The lowest BCUT2D eigenvalue weighted by Crippen LogP contribution is -2.20. The van der Waals surface area contributed by atoms with Crippen molar-refractivity contribution in [3.8, 4) is 0 Å². The van der Waals surface area contributed by atoms with Crippen molar-refractivity contribution in [3.05, 3.63) is 5.82 Å². The van der Waals surface area contributed by atoms with Gasteiger partial charge in [0.25, 0.3) is 0 Å². The predicted molar refractivity (Wildman–Crippen MR) is 75.2 cm³/mol. The summed E-state index contributed by atoms with van der Waals surface area (Å²) in [5.41, 5.74) is 0. The fraction of sp³-hybridized carbons (Fsp3) is 0.846. The van der Waals surface area contributed by atoms with Gasteiger partial charge in [-0.3, -0.25) is 0 Å². The molecule has 6 heteroatoms. The standard InChI is InChI=1S/C13H23N3O2S/c1-9-4-3-5-11(6-9)16-10(2)14-15-13(16)19-8-12(18)7-17/h9,11-12,17-18H,3-8H2,1-2H3. The second-order valence-electron chi connectivity index (χ2n) is 5.47. The van der Waals surface area contributed by atoms with Crippen molar-refractivity contribution in [1.82, 2.24) is 14.8 Å². The molecule has 1 saturated carbocycles. The highest BCUT2D eigenvalue weighted by atomic mass is 32.2. The molecule has 0 saturated heterocycles. The smallest absolute Gasteiger partial charge is 0.191 e. The van der Waals surface area contributed by atoms with Gasteiger partial charge < -0.3 is 14.8 Å². The molecule has 1 aromatic rings. The van der Waals surface area contributed by atoms with Crippen molar-refractivity contribution < 1.29 is 10.2 Å². The maximum Gasteiger partial charge on any atom is 0.191 e. The molecule has 2 N–H and O–H groups in total. The van der Waals surface area contributed by atoms with Crippen molar-refractivity contribution in [3.63, 3.8) is 0 Å². The lowest BCUT2D eigenvalue weighted by molar-refractivity contribution is 0.113. The molecule has 0 radical (unpaired) electrons. The lowest BCUT2D eigenvalue weighted by Gasteiger charge is -2.29. The van der Waals surface area contributed by atoms with Crippen LogP contribution in [0.25, 0.3) is 0 Å². The van der Waals surface area contributed by atoms with Crippen LogP contribution in [0.3, 0.4) is 0 Å². The minimum Gasteiger partial charge on any atom is -0.394 e. The van der Waals surface area contributed by atoms with Crippen LogP contribution in [-0.4, -0.2) is 43.4 Å². The van der Waals surface area contributed by atoms with Crippen molar-refractivity contribution >= 4 is 11.8 Å². The number of aromatic nitrogens is 3. The number of hydrogen-bond donors (Lipinski definition) is 2. The minimum atomic E-state index is -0.694. The van der Waals surface area contributed by atoms with Gasteiger partial charge in [-0.2, -0.15) is 0 Å². The van der Waals surface area contributed by atoms with Gasteiger partial charge in [-0.05, 0) is 25.7 Å². The van der Waals surface area contributed by atoms with Gasteiger partial charge in [-0.25, -0.2) is 0 Å². The Hall–Kier alpha value is -0.590. The SMILES string of the molecule is Cc1nnc(SCC(O)CO)n1C1CCCC(C)C1. The van der Waals surface area contributed by atoms with Crippen LogP contribution in [0.5, 0.6) is 0 Å². The van der Waals surface area contributed by atoms with E-state index in [-0.39, 0.29) is 6.61 Å². The highest BCUT2D eigenvalue weighted by molar-refractivity contribution is 7.99. The molecule has 1 heterocycles. The van der Waals surface area contributed by atoms with Crippen LogP contribution in [0.1, 0.15) is 44.5 Å². The second-order valence-corrected chi connectivity index (χ2v) is 6.46. The summed E-state index contributed by atoms with van der Waals surface area (Å²) < 4.78 is 2.21. The average Bonchev–Trinajstić information content (AvgIpc) is 2.77. The van der Waals surface area contributed by atoms with E-state index in [1.54, 1.807) is 0 Å². The molecular formula is C13H23N3O2S. The second kappa shape index (κ2) is 6.72. The first-order chi connectivity index (χ1) is 9.11. The molecule has 1 fully saturated rings. The van der Waals surface area contributed by atoms with E-state index < -0.39 is 6.10 Å². The Balaban J connectivity index is 2.08. The number of aryl methyl sites for hydroxylation is 1. The zero-order chi connectivity index (χ0) is 13.8. The van der Waals surface area contributed by atoms with Crippen LogP contribution in [0.4, 0.5) is 0 Å². The van der Waals surface area contributed by atoms with E-state index in [2.05, 4.69) is 21.7 Å². The Morgan fingerprint density at radius 2 is 2.21 bits per heavy atom. The Kier molecular flexibility index (Phi) is 5.24. The van der Waals surface area contributed by atoms with Crippen molar-refractivity contribution in [2.24, 2.45) is 5.92 Å².